The molecule has 0 saturated carbocycles. The lowest BCUT2D eigenvalue weighted by Crippen LogP contribution is -2.28. The van der Waals surface area contributed by atoms with Crippen LogP contribution in [0.5, 0.6) is 0 Å². The fraction of sp³-hybridized carbons (Fsp3) is 1.00. The number of phosphoric ester groups is 2. The molecule has 0 heterocycles. The van der Waals surface area contributed by atoms with Gasteiger partial charge in [0.1, 0.15) is 0 Å². The van der Waals surface area contributed by atoms with E-state index in [4.69, 9.17) is 27.1 Å². The van der Waals surface area contributed by atoms with Crippen molar-refractivity contribution in [3.63, 3.8) is 0 Å². The molecule has 0 fully saturated rings. The van der Waals surface area contributed by atoms with Gasteiger partial charge in [0.05, 0.1) is 39.1 Å². The van der Waals surface area contributed by atoms with Gasteiger partial charge in [0, 0.05) is 5.92 Å². The van der Waals surface area contributed by atoms with E-state index in [1.54, 1.807) is 0 Å². The first-order valence-electron chi connectivity index (χ1n) is 12.9. The first kappa shape index (κ1) is 34.2. The van der Waals surface area contributed by atoms with Crippen LogP contribution < -0.4 is 0 Å². The van der Waals surface area contributed by atoms with Crippen LogP contribution in [0, 0.1) is 29.6 Å². The fourth-order valence-electron chi connectivity index (χ4n) is 2.67. The summed E-state index contributed by atoms with van der Waals surface area (Å²) in [6.07, 6.45) is 1.64. The largest absolute Gasteiger partial charge is 0.475 e. The summed E-state index contributed by atoms with van der Waals surface area (Å²) in [6.45, 7) is 21.0. The predicted molar refractivity (Wildman–Crippen MR) is 138 cm³/mol. The Bertz CT molecular complexity index is 578. The highest BCUT2D eigenvalue weighted by Crippen LogP contribution is 2.54. The summed E-state index contributed by atoms with van der Waals surface area (Å²) in [5, 5.41) is 0. The summed E-state index contributed by atoms with van der Waals surface area (Å²) >= 11 is 0. The topological polar surface area (TPSA) is 89.5 Å². The molecular formula is C24H52O8P2. The highest BCUT2D eigenvalue weighted by molar-refractivity contribution is 7.48. The van der Waals surface area contributed by atoms with E-state index in [2.05, 4.69) is 0 Å². The van der Waals surface area contributed by atoms with Crippen LogP contribution in [0.2, 0.25) is 0 Å². The zero-order valence-corrected chi connectivity index (χ0v) is 25.1. The Morgan fingerprint density at radius 2 is 0.912 bits per heavy atom. The Balaban J connectivity index is 5.52. The molecule has 206 valence electrons. The van der Waals surface area contributed by atoms with Crippen molar-refractivity contribution < 1.29 is 36.3 Å². The Morgan fingerprint density at radius 1 is 0.559 bits per heavy atom. The molecule has 8 nitrogen and oxygen atoms in total. The number of hydrogen-bond donors (Lipinski definition) is 0. The molecule has 0 spiro atoms. The maximum absolute atomic E-state index is 13.5. The molecule has 0 aliphatic carbocycles. The average Bonchev–Trinajstić information content (AvgIpc) is 2.74. The van der Waals surface area contributed by atoms with Gasteiger partial charge in [-0.05, 0) is 36.5 Å². The van der Waals surface area contributed by atoms with Crippen molar-refractivity contribution in [1.29, 1.82) is 0 Å². The van der Waals surface area contributed by atoms with Gasteiger partial charge in [-0.3, -0.25) is 27.1 Å². The zero-order chi connectivity index (χ0) is 26.4. The number of rotatable bonds is 21. The highest BCUT2D eigenvalue weighted by atomic mass is 31.2. The molecule has 0 radical (unpaired) electrons. The number of hydrogen-bond acceptors (Lipinski definition) is 8. The van der Waals surface area contributed by atoms with Crippen molar-refractivity contribution in [2.45, 2.75) is 94.6 Å². The molecule has 0 aromatic heterocycles. The van der Waals surface area contributed by atoms with Crippen molar-refractivity contribution in [3.8, 4) is 0 Å². The zero-order valence-electron chi connectivity index (χ0n) is 23.3. The molecule has 0 N–H and O–H groups in total. The Hall–Kier alpha value is 0.220. The van der Waals surface area contributed by atoms with E-state index in [0.29, 0.717) is 12.8 Å². The van der Waals surface area contributed by atoms with Crippen LogP contribution in [0.15, 0.2) is 0 Å². The lowest BCUT2D eigenvalue weighted by atomic mass is 9.97. The summed E-state index contributed by atoms with van der Waals surface area (Å²) in [4.78, 5) is 0. The van der Waals surface area contributed by atoms with E-state index in [1.807, 2.05) is 69.2 Å². The summed E-state index contributed by atoms with van der Waals surface area (Å²) in [5.74, 6) is 0.519. The lowest BCUT2D eigenvalue weighted by Gasteiger charge is -2.30. The molecule has 0 bridgehead atoms. The third kappa shape index (κ3) is 16.1. The Labute approximate surface area is 209 Å². The van der Waals surface area contributed by atoms with E-state index in [-0.39, 0.29) is 62.6 Å². The smallest absolute Gasteiger partial charge is 0.287 e. The SMILES string of the molecule is CCC[C@@H](OP(=O)(OCC(C)C)OCC(C)C)[C@H](CC)COP(=O)(OCC(C)C)OCC(C)C. The molecule has 34 heavy (non-hydrogen) atoms. The van der Waals surface area contributed by atoms with Crippen molar-refractivity contribution in [2.24, 2.45) is 29.6 Å². The monoisotopic (exact) mass is 530 g/mol. The first-order valence-corrected chi connectivity index (χ1v) is 15.8. The molecule has 0 aromatic rings. The van der Waals surface area contributed by atoms with Gasteiger partial charge in [-0.1, -0.05) is 75.7 Å². The second-order valence-corrected chi connectivity index (χ2v) is 13.8. The van der Waals surface area contributed by atoms with Crippen molar-refractivity contribution >= 4 is 15.6 Å². The normalized spacial score (nSPS) is 15.1. The van der Waals surface area contributed by atoms with Gasteiger partial charge in [-0.15, -0.1) is 0 Å². The molecule has 0 aromatic carbocycles. The minimum Gasteiger partial charge on any atom is -0.287 e. The first-order chi connectivity index (χ1) is 15.8. The molecule has 0 aliphatic heterocycles. The van der Waals surface area contributed by atoms with Crippen LogP contribution in [0.25, 0.3) is 0 Å². The third-order valence-corrected chi connectivity index (χ3v) is 7.45. The standard InChI is InChI=1S/C24H52O8P2/c1-11-13-24(32-34(26,29-16-21(7)8)30-17-22(9)10)23(12-2)18-31-33(25,27-14-19(3)4)28-15-20(5)6/h19-24H,11-18H2,1-10H3/t23-,24-/m1/s1. The molecule has 10 heteroatoms. The van der Waals surface area contributed by atoms with Crippen LogP contribution in [0.1, 0.15) is 88.5 Å². The maximum Gasteiger partial charge on any atom is 0.475 e. The molecular weight excluding hydrogens is 478 g/mol. The molecule has 0 rings (SSSR count). The van der Waals surface area contributed by atoms with Gasteiger partial charge in [0.15, 0.2) is 0 Å². The van der Waals surface area contributed by atoms with Gasteiger partial charge >= 0.3 is 15.6 Å². The minimum atomic E-state index is -3.78. The molecule has 0 amide bonds. The van der Waals surface area contributed by atoms with Gasteiger partial charge in [-0.2, -0.15) is 0 Å². The number of phosphoric acid groups is 2. The van der Waals surface area contributed by atoms with Gasteiger partial charge in [0.2, 0.25) is 0 Å². The fourth-order valence-corrected chi connectivity index (χ4v) is 6.00. The van der Waals surface area contributed by atoms with Crippen LogP contribution >= 0.6 is 15.6 Å². The molecule has 2 atom stereocenters. The average molecular weight is 531 g/mol. The molecule has 0 saturated heterocycles. The Kier molecular flexibility index (Phi) is 17.8. The second kappa shape index (κ2) is 17.6. The van der Waals surface area contributed by atoms with Crippen LogP contribution in [0.3, 0.4) is 0 Å². The van der Waals surface area contributed by atoms with E-state index in [0.717, 1.165) is 6.42 Å². The quantitative estimate of drug-likeness (QED) is 0.137. The summed E-state index contributed by atoms with van der Waals surface area (Å²) < 4.78 is 61.0. The van der Waals surface area contributed by atoms with E-state index >= 15 is 0 Å². The van der Waals surface area contributed by atoms with Gasteiger partial charge < -0.3 is 0 Å². The van der Waals surface area contributed by atoms with Gasteiger partial charge in [-0.25, -0.2) is 9.13 Å². The minimum absolute atomic E-state index is 0.0863. The lowest BCUT2D eigenvalue weighted by molar-refractivity contribution is 0.0147. The molecule has 0 unspecified atom stereocenters. The van der Waals surface area contributed by atoms with Gasteiger partial charge in [0.25, 0.3) is 0 Å². The maximum atomic E-state index is 13.5. The summed E-state index contributed by atoms with van der Waals surface area (Å²) in [7, 11) is -7.53. The van der Waals surface area contributed by atoms with Crippen molar-refractivity contribution in [1.82, 2.24) is 0 Å². The molecule has 0 aliphatic rings. The summed E-state index contributed by atoms with van der Waals surface area (Å²) in [6, 6.07) is 0. The Morgan fingerprint density at radius 3 is 1.24 bits per heavy atom. The summed E-state index contributed by atoms with van der Waals surface area (Å²) in [5.41, 5.74) is 0. The third-order valence-electron chi connectivity index (χ3n) is 4.60. The van der Waals surface area contributed by atoms with Crippen LogP contribution in [-0.2, 0) is 36.3 Å². The second-order valence-electron chi connectivity index (χ2n) is 10.5. The van der Waals surface area contributed by atoms with E-state index in [1.165, 1.54) is 0 Å². The highest BCUT2D eigenvalue weighted by Gasteiger charge is 2.36. The van der Waals surface area contributed by atoms with E-state index in [9.17, 15) is 9.13 Å². The van der Waals surface area contributed by atoms with Crippen molar-refractivity contribution in [3.05, 3.63) is 0 Å². The van der Waals surface area contributed by atoms with Crippen LogP contribution in [-0.4, -0.2) is 39.1 Å². The van der Waals surface area contributed by atoms with Crippen molar-refractivity contribution in [2.75, 3.05) is 33.0 Å². The predicted octanol–water partition coefficient (Wildman–Crippen LogP) is 8.12. The van der Waals surface area contributed by atoms with E-state index < -0.39 is 21.7 Å². The van der Waals surface area contributed by atoms with Crippen LogP contribution in [0.4, 0.5) is 0 Å².